The van der Waals surface area contributed by atoms with Gasteiger partial charge in [-0.05, 0) is 30.9 Å². The molecule has 1 aliphatic rings. The number of para-hydroxylation sites is 1. The lowest BCUT2D eigenvalue weighted by molar-refractivity contribution is -0.132. The van der Waals surface area contributed by atoms with Gasteiger partial charge in [-0.3, -0.25) is 4.79 Å². The van der Waals surface area contributed by atoms with Crippen molar-refractivity contribution in [1.29, 1.82) is 0 Å². The monoisotopic (exact) mass is 248 g/mol. The van der Waals surface area contributed by atoms with Gasteiger partial charge in [0, 0.05) is 25.9 Å². The molecule has 4 heteroatoms. The number of hydrogen-bond donors (Lipinski definition) is 1. The molecule has 1 aromatic carbocycles. The number of amides is 1. The lowest BCUT2D eigenvalue weighted by atomic mass is 10.1. The predicted octanol–water partition coefficient (Wildman–Crippen LogP) is 1.68. The van der Waals surface area contributed by atoms with Gasteiger partial charge in [0.25, 0.3) is 5.91 Å². The van der Waals surface area contributed by atoms with Gasteiger partial charge in [0.05, 0.1) is 0 Å². The van der Waals surface area contributed by atoms with Gasteiger partial charge in [-0.1, -0.05) is 18.2 Å². The fraction of sp³-hybridized carbons (Fsp3) is 0.500. The first-order valence-corrected chi connectivity index (χ1v) is 6.41. The van der Waals surface area contributed by atoms with Gasteiger partial charge >= 0.3 is 0 Å². The fourth-order valence-corrected chi connectivity index (χ4v) is 2.28. The quantitative estimate of drug-likeness (QED) is 0.885. The first kappa shape index (κ1) is 13.1. The Morgan fingerprint density at radius 1 is 1.44 bits per heavy atom. The number of anilines is 1. The molecule has 1 aromatic rings. The van der Waals surface area contributed by atoms with Crippen molar-refractivity contribution in [3.63, 3.8) is 0 Å². The van der Waals surface area contributed by atoms with Crippen LogP contribution in [0.5, 0.6) is 0 Å². The molecular formula is C14H20N2O2. The van der Waals surface area contributed by atoms with Crippen LogP contribution in [-0.2, 0) is 16.1 Å². The standard InChI is InChI=1S/C14H20N2O2/c1-16(12-7-3-2-6-11(12)10-15)14(17)13-8-4-5-9-18-13/h2-3,6-7,13H,4-5,8-10,15H2,1H3. The highest BCUT2D eigenvalue weighted by molar-refractivity contribution is 5.96. The molecule has 98 valence electrons. The van der Waals surface area contributed by atoms with Gasteiger partial charge in [-0.25, -0.2) is 0 Å². The molecule has 1 unspecified atom stereocenters. The summed E-state index contributed by atoms with van der Waals surface area (Å²) in [4.78, 5) is 14.0. The number of rotatable bonds is 3. The highest BCUT2D eigenvalue weighted by Crippen LogP contribution is 2.22. The first-order valence-electron chi connectivity index (χ1n) is 6.41. The van der Waals surface area contributed by atoms with Crippen molar-refractivity contribution in [3.05, 3.63) is 29.8 Å². The number of nitrogens with zero attached hydrogens (tertiary/aromatic N) is 1. The van der Waals surface area contributed by atoms with E-state index >= 15 is 0 Å². The summed E-state index contributed by atoms with van der Waals surface area (Å²) in [6.45, 7) is 1.11. The molecule has 0 aromatic heterocycles. The van der Waals surface area contributed by atoms with E-state index in [1.165, 1.54) is 0 Å². The van der Waals surface area contributed by atoms with Crippen molar-refractivity contribution in [2.45, 2.75) is 31.9 Å². The maximum absolute atomic E-state index is 12.3. The molecule has 0 radical (unpaired) electrons. The third kappa shape index (κ3) is 2.71. The molecule has 0 bridgehead atoms. The number of nitrogens with two attached hydrogens (primary N) is 1. The van der Waals surface area contributed by atoms with E-state index in [4.69, 9.17) is 10.5 Å². The Kier molecular flexibility index (Phi) is 4.33. The van der Waals surface area contributed by atoms with E-state index in [1.54, 1.807) is 11.9 Å². The van der Waals surface area contributed by atoms with Crippen LogP contribution in [0.15, 0.2) is 24.3 Å². The second-order valence-electron chi connectivity index (χ2n) is 4.59. The van der Waals surface area contributed by atoms with Crippen LogP contribution in [0.1, 0.15) is 24.8 Å². The smallest absolute Gasteiger partial charge is 0.255 e. The van der Waals surface area contributed by atoms with Crippen molar-refractivity contribution in [3.8, 4) is 0 Å². The molecular weight excluding hydrogens is 228 g/mol. The summed E-state index contributed by atoms with van der Waals surface area (Å²) in [7, 11) is 1.79. The number of carbonyl (C=O) groups is 1. The van der Waals surface area contributed by atoms with Crippen LogP contribution in [0, 0.1) is 0 Å². The van der Waals surface area contributed by atoms with Gasteiger partial charge < -0.3 is 15.4 Å². The van der Waals surface area contributed by atoms with Crippen LogP contribution in [0.3, 0.4) is 0 Å². The number of ether oxygens (including phenoxy) is 1. The van der Waals surface area contributed by atoms with Crippen LogP contribution in [0.4, 0.5) is 5.69 Å². The second-order valence-corrected chi connectivity index (χ2v) is 4.59. The summed E-state index contributed by atoms with van der Waals surface area (Å²) < 4.78 is 5.53. The van der Waals surface area contributed by atoms with Crippen molar-refractivity contribution in [2.75, 3.05) is 18.6 Å². The third-order valence-electron chi connectivity index (χ3n) is 3.36. The molecule has 1 fully saturated rings. The summed E-state index contributed by atoms with van der Waals surface area (Å²) >= 11 is 0. The van der Waals surface area contributed by atoms with Gasteiger partial charge in [0.1, 0.15) is 6.10 Å². The topological polar surface area (TPSA) is 55.6 Å². The number of likely N-dealkylation sites (N-methyl/N-ethyl adjacent to an activating group) is 1. The molecule has 18 heavy (non-hydrogen) atoms. The summed E-state index contributed by atoms with van der Waals surface area (Å²) in [5, 5.41) is 0. The van der Waals surface area contributed by atoms with Crippen molar-refractivity contribution in [1.82, 2.24) is 0 Å². The first-order chi connectivity index (χ1) is 8.74. The lowest BCUT2D eigenvalue weighted by Crippen LogP contribution is -2.40. The zero-order chi connectivity index (χ0) is 13.0. The molecule has 1 saturated heterocycles. The van der Waals surface area contributed by atoms with E-state index in [-0.39, 0.29) is 12.0 Å². The summed E-state index contributed by atoms with van der Waals surface area (Å²) in [6, 6.07) is 7.71. The largest absolute Gasteiger partial charge is 0.368 e. The number of carbonyl (C=O) groups excluding carboxylic acids is 1. The highest BCUT2D eigenvalue weighted by Gasteiger charge is 2.26. The van der Waals surface area contributed by atoms with E-state index in [0.29, 0.717) is 13.2 Å². The lowest BCUT2D eigenvalue weighted by Gasteiger charge is -2.27. The predicted molar refractivity (Wildman–Crippen MR) is 71.3 cm³/mol. The molecule has 4 nitrogen and oxygen atoms in total. The van der Waals surface area contributed by atoms with E-state index < -0.39 is 0 Å². The molecule has 2 N–H and O–H groups in total. The van der Waals surface area contributed by atoms with E-state index in [0.717, 1.165) is 30.5 Å². The Morgan fingerprint density at radius 3 is 2.89 bits per heavy atom. The number of benzene rings is 1. The fourth-order valence-electron chi connectivity index (χ4n) is 2.28. The molecule has 1 amide bonds. The van der Waals surface area contributed by atoms with Crippen LogP contribution in [0.25, 0.3) is 0 Å². The second kappa shape index (κ2) is 5.98. The molecule has 0 saturated carbocycles. The maximum atomic E-state index is 12.3. The summed E-state index contributed by atoms with van der Waals surface area (Å²) in [6.07, 6.45) is 2.62. The molecule has 1 atom stereocenters. The Balaban J connectivity index is 2.14. The normalized spacial score (nSPS) is 19.6. The van der Waals surface area contributed by atoms with E-state index in [2.05, 4.69) is 0 Å². The van der Waals surface area contributed by atoms with Gasteiger partial charge in [0.2, 0.25) is 0 Å². The van der Waals surface area contributed by atoms with Crippen LogP contribution < -0.4 is 10.6 Å². The molecule has 0 aliphatic carbocycles. The Labute approximate surface area is 108 Å². The minimum absolute atomic E-state index is 0.0237. The molecule has 2 rings (SSSR count). The Morgan fingerprint density at radius 2 is 2.22 bits per heavy atom. The Hall–Kier alpha value is -1.39. The van der Waals surface area contributed by atoms with Gasteiger partial charge in [0.15, 0.2) is 0 Å². The minimum atomic E-state index is -0.297. The molecule has 0 spiro atoms. The zero-order valence-electron chi connectivity index (χ0n) is 10.8. The summed E-state index contributed by atoms with van der Waals surface area (Å²) in [5.41, 5.74) is 7.55. The molecule has 1 heterocycles. The minimum Gasteiger partial charge on any atom is -0.368 e. The molecule has 1 aliphatic heterocycles. The van der Waals surface area contributed by atoms with Crippen LogP contribution >= 0.6 is 0 Å². The van der Waals surface area contributed by atoms with Crippen molar-refractivity contribution < 1.29 is 9.53 Å². The van der Waals surface area contributed by atoms with E-state index in [9.17, 15) is 4.79 Å². The van der Waals surface area contributed by atoms with E-state index in [1.807, 2.05) is 24.3 Å². The van der Waals surface area contributed by atoms with Gasteiger partial charge in [-0.2, -0.15) is 0 Å². The average molecular weight is 248 g/mol. The van der Waals surface area contributed by atoms with Crippen molar-refractivity contribution in [2.24, 2.45) is 5.73 Å². The summed E-state index contributed by atoms with van der Waals surface area (Å²) in [5.74, 6) is 0.0237. The highest BCUT2D eigenvalue weighted by atomic mass is 16.5. The number of hydrogen-bond acceptors (Lipinski definition) is 3. The van der Waals surface area contributed by atoms with Crippen LogP contribution in [-0.4, -0.2) is 25.7 Å². The maximum Gasteiger partial charge on any atom is 0.255 e. The van der Waals surface area contributed by atoms with Crippen LogP contribution in [0.2, 0.25) is 0 Å². The Bertz CT molecular complexity index is 414. The SMILES string of the molecule is CN(C(=O)C1CCCCO1)c1ccccc1CN. The van der Waals surface area contributed by atoms with Crippen molar-refractivity contribution >= 4 is 11.6 Å². The third-order valence-corrected chi connectivity index (χ3v) is 3.36. The zero-order valence-corrected chi connectivity index (χ0v) is 10.8. The van der Waals surface area contributed by atoms with Gasteiger partial charge in [-0.15, -0.1) is 0 Å². The average Bonchev–Trinajstić information content (AvgIpc) is 2.46.